The van der Waals surface area contributed by atoms with Gasteiger partial charge in [0, 0.05) is 13.0 Å². The van der Waals surface area contributed by atoms with E-state index in [-0.39, 0.29) is 37.4 Å². The van der Waals surface area contributed by atoms with Crippen molar-refractivity contribution < 1.29 is 19.4 Å². The van der Waals surface area contributed by atoms with Gasteiger partial charge in [0.25, 0.3) is 5.91 Å². The lowest BCUT2D eigenvalue weighted by atomic mass is 10.0. The van der Waals surface area contributed by atoms with Crippen LogP contribution in [0.3, 0.4) is 0 Å². The molecule has 1 aromatic rings. The molecule has 0 aliphatic carbocycles. The molecule has 1 heterocycles. The van der Waals surface area contributed by atoms with E-state index in [9.17, 15) is 9.59 Å². The molecule has 1 atom stereocenters. The molecule has 2 N–H and O–H groups in total. The number of hydrogen-bond acceptors (Lipinski definition) is 4. The number of hydrogen-bond donors (Lipinski definition) is 2. The highest BCUT2D eigenvalue weighted by molar-refractivity contribution is 6.02. The van der Waals surface area contributed by atoms with Crippen molar-refractivity contribution in [3.05, 3.63) is 23.8 Å². The van der Waals surface area contributed by atoms with Crippen molar-refractivity contribution in [2.75, 3.05) is 18.1 Å². The van der Waals surface area contributed by atoms with Crippen LogP contribution in [0, 0.1) is 6.92 Å². The minimum Gasteiger partial charge on any atom is -0.476 e. The van der Waals surface area contributed by atoms with Crippen molar-refractivity contribution in [3.8, 4) is 5.75 Å². The first-order valence-electron chi connectivity index (χ1n) is 8.30. The summed E-state index contributed by atoms with van der Waals surface area (Å²) < 4.78 is 5.80. The van der Waals surface area contributed by atoms with Gasteiger partial charge in [-0.3, -0.25) is 9.59 Å². The Kier molecular flexibility index (Phi) is 5.49. The topological polar surface area (TPSA) is 78.9 Å². The van der Waals surface area contributed by atoms with Gasteiger partial charge in [0.05, 0.1) is 18.3 Å². The summed E-state index contributed by atoms with van der Waals surface area (Å²) in [5, 5.41) is 11.9. The number of nitrogens with zero attached hydrogens (tertiary/aromatic N) is 1. The van der Waals surface area contributed by atoms with Gasteiger partial charge in [-0.25, -0.2) is 0 Å². The van der Waals surface area contributed by atoms with Gasteiger partial charge < -0.3 is 20.1 Å². The monoisotopic (exact) mass is 334 g/mol. The maximum absolute atomic E-state index is 12.7. The summed E-state index contributed by atoms with van der Waals surface area (Å²) in [7, 11) is 0. The van der Waals surface area contributed by atoms with E-state index in [1.54, 1.807) is 18.7 Å². The van der Waals surface area contributed by atoms with Crippen molar-refractivity contribution >= 4 is 17.5 Å². The zero-order valence-electron chi connectivity index (χ0n) is 14.8. The van der Waals surface area contributed by atoms with Crippen LogP contribution < -0.4 is 15.0 Å². The lowest BCUT2D eigenvalue weighted by molar-refractivity contribution is -0.132. The Morgan fingerprint density at radius 1 is 1.42 bits per heavy atom. The summed E-state index contributed by atoms with van der Waals surface area (Å²) in [5.74, 6) is 0.303. The van der Waals surface area contributed by atoms with Crippen LogP contribution in [-0.4, -0.2) is 41.7 Å². The lowest BCUT2D eigenvalue weighted by Crippen LogP contribution is -2.53. The first kappa shape index (κ1) is 18.3. The first-order chi connectivity index (χ1) is 11.3. The highest BCUT2D eigenvalue weighted by Crippen LogP contribution is 2.38. The quantitative estimate of drug-likeness (QED) is 0.831. The van der Waals surface area contributed by atoms with Crippen molar-refractivity contribution in [1.29, 1.82) is 0 Å². The Morgan fingerprint density at radius 3 is 2.75 bits per heavy atom. The summed E-state index contributed by atoms with van der Waals surface area (Å²) in [6.07, 6.45) is 0.833. The van der Waals surface area contributed by atoms with Crippen LogP contribution in [0.15, 0.2) is 18.2 Å². The molecule has 132 valence electrons. The standard InChI is InChI=1S/C18H26N2O4/c1-5-13(11-21)19-16(22)8-9-20-14-10-12(2)6-7-15(14)24-18(3,4)17(20)23/h6-7,10,13,21H,5,8-9,11H2,1-4H3,(H,19,22). The summed E-state index contributed by atoms with van der Waals surface area (Å²) >= 11 is 0. The fraction of sp³-hybridized carbons (Fsp3) is 0.556. The van der Waals surface area contributed by atoms with Gasteiger partial charge >= 0.3 is 0 Å². The molecule has 0 aromatic heterocycles. The number of fused-ring (bicyclic) bond motifs is 1. The minimum atomic E-state index is -0.963. The van der Waals surface area contributed by atoms with Gasteiger partial charge in [-0.2, -0.15) is 0 Å². The molecule has 0 saturated heterocycles. The molecule has 0 saturated carbocycles. The molecular formula is C18H26N2O4. The van der Waals surface area contributed by atoms with E-state index >= 15 is 0 Å². The zero-order chi connectivity index (χ0) is 17.9. The van der Waals surface area contributed by atoms with Gasteiger partial charge in [0.2, 0.25) is 5.91 Å². The number of aliphatic hydroxyl groups excluding tert-OH is 1. The van der Waals surface area contributed by atoms with Crippen LogP contribution in [0.2, 0.25) is 0 Å². The third-order valence-electron chi connectivity index (χ3n) is 4.17. The number of benzene rings is 1. The van der Waals surface area contributed by atoms with Crippen molar-refractivity contribution in [1.82, 2.24) is 5.32 Å². The number of ether oxygens (including phenoxy) is 1. The third kappa shape index (κ3) is 3.87. The predicted octanol–water partition coefficient (Wildman–Crippen LogP) is 1.78. The molecule has 2 amide bonds. The second-order valence-corrected chi connectivity index (χ2v) is 6.65. The van der Waals surface area contributed by atoms with E-state index in [2.05, 4.69) is 5.32 Å². The number of nitrogens with one attached hydrogen (secondary N) is 1. The number of anilines is 1. The van der Waals surface area contributed by atoms with Gasteiger partial charge in [-0.15, -0.1) is 0 Å². The van der Waals surface area contributed by atoms with Gasteiger partial charge in [0.1, 0.15) is 5.75 Å². The summed E-state index contributed by atoms with van der Waals surface area (Å²) in [4.78, 5) is 26.4. The molecule has 0 radical (unpaired) electrons. The lowest BCUT2D eigenvalue weighted by Gasteiger charge is -2.39. The normalized spacial score (nSPS) is 17.0. The van der Waals surface area contributed by atoms with E-state index in [1.807, 2.05) is 32.0 Å². The fourth-order valence-electron chi connectivity index (χ4n) is 2.69. The molecule has 0 bridgehead atoms. The van der Waals surface area contributed by atoms with Crippen LogP contribution in [0.25, 0.3) is 0 Å². The number of carbonyl (C=O) groups excluding carboxylic acids is 2. The maximum Gasteiger partial charge on any atom is 0.270 e. The maximum atomic E-state index is 12.7. The van der Waals surface area contributed by atoms with Crippen molar-refractivity contribution in [3.63, 3.8) is 0 Å². The predicted molar refractivity (Wildman–Crippen MR) is 92.2 cm³/mol. The first-order valence-corrected chi connectivity index (χ1v) is 8.30. The van der Waals surface area contributed by atoms with E-state index < -0.39 is 5.60 Å². The fourth-order valence-corrected chi connectivity index (χ4v) is 2.69. The largest absolute Gasteiger partial charge is 0.476 e. The summed E-state index contributed by atoms with van der Waals surface area (Å²) in [5.41, 5.74) is 0.752. The number of amides is 2. The Balaban J connectivity index is 2.15. The Bertz CT molecular complexity index is 623. The molecule has 0 fully saturated rings. The Hall–Kier alpha value is -2.08. The molecule has 1 aliphatic rings. The zero-order valence-corrected chi connectivity index (χ0v) is 14.8. The second-order valence-electron chi connectivity index (χ2n) is 6.65. The molecule has 6 heteroatoms. The molecule has 2 rings (SSSR count). The van der Waals surface area contributed by atoms with Crippen LogP contribution in [-0.2, 0) is 9.59 Å². The van der Waals surface area contributed by atoms with Gasteiger partial charge in [-0.1, -0.05) is 13.0 Å². The van der Waals surface area contributed by atoms with E-state index in [4.69, 9.17) is 9.84 Å². The van der Waals surface area contributed by atoms with Crippen molar-refractivity contribution in [2.45, 2.75) is 52.2 Å². The summed E-state index contributed by atoms with van der Waals surface area (Å²) in [6.45, 7) is 7.48. The van der Waals surface area contributed by atoms with E-state index in [1.165, 1.54) is 0 Å². The number of aryl methyl sites for hydroxylation is 1. The molecule has 24 heavy (non-hydrogen) atoms. The molecule has 0 spiro atoms. The molecule has 1 unspecified atom stereocenters. The number of aliphatic hydroxyl groups is 1. The molecule has 6 nitrogen and oxygen atoms in total. The second kappa shape index (κ2) is 7.21. The van der Waals surface area contributed by atoms with Crippen molar-refractivity contribution in [2.24, 2.45) is 0 Å². The Morgan fingerprint density at radius 2 is 2.12 bits per heavy atom. The number of carbonyl (C=O) groups is 2. The Labute approximate surface area is 142 Å². The van der Waals surface area contributed by atoms with E-state index in [0.29, 0.717) is 17.9 Å². The summed E-state index contributed by atoms with van der Waals surface area (Å²) in [6, 6.07) is 5.43. The van der Waals surface area contributed by atoms with Gasteiger partial charge in [0.15, 0.2) is 5.60 Å². The van der Waals surface area contributed by atoms with E-state index in [0.717, 1.165) is 5.56 Å². The van der Waals surface area contributed by atoms with Crippen LogP contribution in [0.5, 0.6) is 5.75 Å². The third-order valence-corrected chi connectivity index (χ3v) is 4.17. The highest BCUT2D eigenvalue weighted by atomic mass is 16.5. The minimum absolute atomic E-state index is 0.0895. The highest BCUT2D eigenvalue weighted by Gasteiger charge is 2.40. The average Bonchev–Trinajstić information content (AvgIpc) is 2.53. The van der Waals surface area contributed by atoms with Crippen LogP contribution in [0.4, 0.5) is 5.69 Å². The van der Waals surface area contributed by atoms with Gasteiger partial charge in [-0.05, 0) is 44.9 Å². The van der Waals surface area contributed by atoms with Crippen LogP contribution >= 0.6 is 0 Å². The smallest absolute Gasteiger partial charge is 0.270 e. The average molecular weight is 334 g/mol. The molecule has 1 aliphatic heterocycles. The molecular weight excluding hydrogens is 308 g/mol. The number of rotatable bonds is 6. The SMILES string of the molecule is CCC(CO)NC(=O)CCN1C(=O)C(C)(C)Oc2ccc(C)cc21. The van der Waals surface area contributed by atoms with Crippen LogP contribution in [0.1, 0.15) is 39.2 Å². The molecule has 1 aromatic carbocycles.